The highest BCUT2D eigenvalue weighted by Crippen LogP contribution is 2.23. The molecule has 1 N–H and O–H groups in total. The summed E-state index contributed by atoms with van der Waals surface area (Å²) < 4.78 is 6.13. The number of hydrogen-bond donors (Lipinski definition) is 1. The third-order valence-corrected chi connectivity index (χ3v) is 3.88. The Morgan fingerprint density at radius 1 is 1.43 bits per heavy atom. The first-order valence-electron chi connectivity index (χ1n) is 6.58. The molecule has 1 heterocycles. The molecule has 6 heteroatoms. The van der Waals surface area contributed by atoms with Crippen molar-refractivity contribution < 1.29 is 9.21 Å². The summed E-state index contributed by atoms with van der Waals surface area (Å²) in [5.41, 5.74) is 0.627. The van der Waals surface area contributed by atoms with E-state index >= 15 is 0 Å². The van der Waals surface area contributed by atoms with Gasteiger partial charge in [-0.05, 0) is 37.7 Å². The van der Waals surface area contributed by atoms with Crippen LogP contribution in [-0.4, -0.2) is 38.0 Å². The second kappa shape index (κ2) is 6.41. The number of carbonyl (C=O) groups excluding carboxylic acids is 1. The summed E-state index contributed by atoms with van der Waals surface area (Å²) in [6.45, 7) is 2.95. The number of nitrogens with one attached hydrogen (secondary N) is 1. The Kier molecular flexibility index (Phi) is 4.80. The number of halogens is 1. The maximum Gasteiger partial charge on any atom is 0.349 e. The van der Waals surface area contributed by atoms with Gasteiger partial charge in [0.2, 0.25) is 0 Å². The number of amides is 1. The molecule has 2 aromatic rings. The molecule has 0 bridgehead atoms. The van der Waals surface area contributed by atoms with Crippen LogP contribution < -0.4 is 10.9 Å². The number of nitrogens with zero attached hydrogens (tertiary/aromatic N) is 1. The molecule has 0 aliphatic heterocycles. The molecular weight excluding hydrogens is 336 g/mol. The maximum absolute atomic E-state index is 12.4. The summed E-state index contributed by atoms with van der Waals surface area (Å²) in [5, 5.41) is 3.73. The van der Waals surface area contributed by atoms with Crippen LogP contribution in [0.2, 0.25) is 0 Å². The summed E-state index contributed by atoms with van der Waals surface area (Å²) in [6, 6.07) is 5.36. The van der Waals surface area contributed by atoms with E-state index in [4.69, 9.17) is 4.42 Å². The van der Waals surface area contributed by atoms with E-state index < -0.39 is 5.63 Å². The number of likely N-dealkylation sites (N-methyl/N-ethyl adjacent to an activating group) is 2. The second-order valence-electron chi connectivity index (χ2n) is 4.86. The van der Waals surface area contributed by atoms with Gasteiger partial charge in [-0.3, -0.25) is 4.79 Å². The molecule has 112 valence electrons. The van der Waals surface area contributed by atoms with Crippen molar-refractivity contribution in [3.05, 3.63) is 44.2 Å². The predicted octanol–water partition coefficient (Wildman–Crippen LogP) is 2.16. The lowest BCUT2D eigenvalue weighted by Gasteiger charge is -2.17. The van der Waals surface area contributed by atoms with Crippen LogP contribution in [-0.2, 0) is 0 Å². The second-order valence-corrected chi connectivity index (χ2v) is 5.78. The Hall–Kier alpha value is -1.66. The summed E-state index contributed by atoms with van der Waals surface area (Å²) in [7, 11) is 3.48. The van der Waals surface area contributed by atoms with E-state index in [1.54, 1.807) is 26.1 Å². The summed E-state index contributed by atoms with van der Waals surface area (Å²) >= 11 is 3.39. The van der Waals surface area contributed by atoms with Crippen molar-refractivity contribution in [2.24, 2.45) is 0 Å². The van der Waals surface area contributed by atoms with Crippen molar-refractivity contribution in [3.8, 4) is 0 Å². The largest absolute Gasteiger partial charge is 0.422 e. The van der Waals surface area contributed by atoms with Crippen molar-refractivity contribution in [3.63, 3.8) is 0 Å². The quantitative estimate of drug-likeness (QED) is 0.856. The van der Waals surface area contributed by atoms with Gasteiger partial charge in [0.05, 0.1) is 0 Å². The zero-order valence-electron chi connectivity index (χ0n) is 12.2. The molecule has 1 aromatic heterocycles. The number of carbonyl (C=O) groups is 1. The van der Waals surface area contributed by atoms with Crippen LogP contribution in [0.25, 0.3) is 11.0 Å². The molecule has 0 aliphatic rings. The zero-order valence-corrected chi connectivity index (χ0v) is 13.8. The van der Waals surface area contributed by atoms with E-state index in [0.29, 0.717) is 24.2 Å². The molecule has 0 saturated carbocycles. The van der Waals surface area contributed by atoms with Crippen LogP contribution in [0.3, 0.4) is 0 Å². The molecule has 0 fully saturated rings. The number of benzene rings is 1. The molecule has 0 atom stereocenters. The fraction of sp³-hybridized carbons (Fsp3) is 0.333. The highest BCUT2D eigenvalue weighted by molar-refractivity contribution is 9.10. The van der Waals surface area contributed by atoms with E-state index in [1.165, 1.54) is 4.90 Å². The lowest BCUT2D eigenvalue weighted by atomic mass is 10.1. The first-order valence-corrected chi connectivity index (χ1v) is 7.38. The highest BCUT2D eigenvalue weighted by Gasteiger charge is 2.21. The average Bonchev–Trinajstić information content (AvgIpc) is 2.45. The van der Waals surface area contributed by atoms with Gasteiger partial charge in [0.15, 0.2) is 0 Å². The van der Waals surface area contributed by atoms with Gasteiger partial charge in [-0.25, -0.2) is 4.79 Å². The number of rotatable bonds is 4. The van der Waals surface area contributed by atoms with E-state index in [-0.39, 0.29) is 11.5 Å². The summed E-state index contributed by atoms with van der Waals surface area (Å²) in [5.74, 6) is -0.321. The molecule has 0 radical (unpaired) electrons. The van der Waals surface area contributed by atoms with Crippen LogP contribution in [0.15, 0.2) is 31.9 Å². The molecule has 21 heavy (non-hydrogen) atoms. The Labute approximate surface area is 131 Å². The molecule has 1 aromatic carbocycles. The number of aryl methyl sites for hydroxylation is 1. The van der Waals surface area contributed by atoms with Gasteiger partial charge >= 0.3 is 5.63 Å². The van der Waals surface area contributed by atoms with Gasteiger partial charge in [0.1, 0.15) is 11.1 Å². The molecule has 0 unspecified atom stereocenters. The topological polar surface area (TPSA) is 62.6 Å². The lowest BCUT2D eigenvalue weighted by molar-refractivity contribution is 0.0792. The Balaban J connectivity index is 2.53. The fourth-order valence-corrected chi connectivity index (χ4v) is 2.50. The van der Waals surface area contributed by atoms with Gasteiger partial charge in [-0.1, -0.05) is 15.9 Å². The third-order valence-electron chi connectivity index (χ3n) is 3.39. The van der Waals surface area contributed by atoms with Crippen molar-refractivity contribution in [2.75, 3.05) is 27.2 Å². The normalized spacial score (nSPS) is 10.9. The average molecular weight is 353 g/mol. The zero-order chi connectivity index (χ0) is 15.6. The van der Waals surface area contributed by atoms with Crippen LogP contribution in [0.5, 0.6) is 0 Å². The van der Waals surface area contributed by atoms with Gasteiger partial charge < -0.3 is 14.6 Å². The first-order chi connectivity index (χ1) is 9.95. The monoisotopic (exact) mass is 352 g/mol. The van der Waals surface area contributed by atoms with Crippen molar-refractivity contribution in [2.45, 2.75) is 6.92 Å². The summed E-state index contributed by atoms with van der Waals surface area (Å²) in [6.07, 6.45) is 0. The fourth-order valence-electron chi connectivity index (χ4n) is 2.14. The molecule has 0 saturated heterocycles. The Morgan fingerprint density at radius 2 is 2.14 bits per heavy atom. The standard InChI is InChI=1S/C15H17BrN2O3/c1-9-11-8-10(16)4-5-12(11)21-15(20)13(9)14(19)18(3)7-6-17-2/h4-5,8,17H,6-7H2,1-3H3. The van der Waals surface area contributed by atoms with Gasteiger partial charge in [0.25, 0.3) is 5.91 Å². The molecule has 0 spiro atoms. The molecule has 2 rings (SSSR count). The predicted molar refractivity (Wildman–Crippen MR) is 85.8 cm³/mol. The minimum absolute atomic E-state index is 0.0965. The first kappa shape index (κ1) is 15.7. The SMILES string of the molecule is CNCCN(C)C(=O)c1c(C)c2cc(Br)ccc2oc1=O. The van der Waals surface area contributed by atoms with Gasteiger partial charge in [-0.15, -0.1) is 0 Å². The molecule has 5 nitrogen and oxygen atoms in total. The van der Waals surface area contributed by atoms with Crippen LogP contribution in [0.4, 0.5) is 0 Å². The minimum Gasteiger partial charge on any atom is -0.422 e. The van der Waals surface area contributed by atoms with Gasteiger partial charge in [-0.2, -0.15) is 0 Å². The van der Waals surface area contributed by atoms with E-state index in [0.717, 1.165) is 9.86 Å². The van der Waals surface area contributed by atoms with Crippen LogP contribution >= 0.6 is 15.9 Å². The lowest BCUT2D eigenvalue weighted by Crippen LogP contribution is -2.35. The smallest absolute Gasteiger partial charge is 0.349 e. The molecule has 0 aliphatic carbocycles. The Morgan fingerprint density at radius 3 is 2.81 bits per heavy atom. The number of fused-ring (bicyclic) bond motifs is 1. The van der Waals surface area contributed by atoms with Crippen molar-refractivity contribution in [1.29, 1.82) is 0 Å². The van der Waals surface area contributed by atoms with Crippen LogP contribution in [0.1, 0.15) is 15.9 Å². The molecule has 1 amide bonds. The minimum atomic E-state index is -0.594. The van der Waals surface area contributed by atoms with Crippen molar-refractivity contribution in [1.82, 2.24) is 10.2 Å². The summed E-state index contributed by atoms with van der Waals surface area (Å²) in [4.78, 5) is 26.1. The maximum atomic E-state index is 12.4. The van der Waals surface area contributed by atoms with E-state index in [1.807, 2.05) is 13.1 Å². The van der Waals surface area contributed by atoms with Gasteiger partial charge in [0, 0.05) is 30.0 Å². The van der Waals surface area contributed by atoms with Crippen molar-refractivity contribution >= 4 is 32.8 Å². The van der Waals surface area contributed by atoms with E-state index in [9.17, 15) is 9.59 Å². The highest BCUT2D eigenvalue weighted by atomic mass is 79.9. The number of hydrogen-bond acceptors (Lipinski definition) is 4. The van der Waals surface area contributed by atoms with Crippen LogP contribution in [0, 0.1) is 6.92 Å². The van der Waals surface area contributed by atoms with E-state index in [2.05, 4.69) is 21.2 Å². The Bertz CT molecular complexity index is 740. The third kappa shape index (κ3) is 3.16. The molecular formula is C15H17BrN2O3.